The number of benzene rings is 2. The van der Waals surface area contributed by atoms with Crippen LogP contribution in [0.4, 0.5) is 16.2 Å². The van der Waals surface area contributed by atoms with Crippen LogP contribution >= 0.6 is 0 Å². The Labute approximate surface area is 199 Å². The van der Waals surface area contributed by atoms with E-state index >= 15 is 0 Å². The number of carbonyl (C=O) groups excluding carboxylic acids is 4. The van der Waals surface area contributed by atoms with E-state index in [0.717, 1.165) is 0 Å². The molecule has 0 saturated carbocycles. The fourth-order valence-electron chi connectivity index (χ4n) is 4.61. The summed E-state index contributed by atoms with van der Waals surface area (Å²) in [6.45, 7) is 4.20. The fraction of sp³-hybridized carbons (Fsp3) is 0.304. The van der Waals surface area contributed by atoms with Crippen molar-refractivity contribution in [1.29, 1.82) is 0 Å². The molecule has 0 N–H and O–H groups in total. The van der Waals surface area contributed by atoms with E-state index in [1.807, 2.05) is 0 Å². The molecule has 1 fully saturated rings. The number of nitro benzene ring substituents is 1. The van der Waals surface area contributed by atoms with Gasteiger partial charge in [-0.25, -0.2) is 4.79 Å². The average Bonchev–Trinajstić information content (AvgIpc) is 3.25. The Bertz CT molecular complexity index is 1240. The van der Waals surface area contributed by atoms with Gasteiger partial charge in [0.25, 0.3) is 5.69 Å². The minimum atomic E-state index is -1.33. The number of hydrogen-bond donors (Lipinski definition) is 0. The molecule has 2 aliphatic rings. The summed E-state index contributed by atoms with van der Waals surface area (Å²) in [6, 6.07) is 9.30. The topological polar surface area (TPSA) is 146 Å². The SMILES string of the molecule is CC(=O)O[C@@]12CCN(C(C)=O)C1N(C(C)=O)c1ccc(OC(=O)Oc3ccc([N+](=O)[O-])cc3)cc12. The van der Waals surface area contributed by atoms with E-state index in [0.29, 0.717) is 11.3 Å². The summed E-state index contributed by atoms with van der Waals surface area (Å²) in [4.78, 5) is 62.3. The molecule has 2 atom stereocenters. The smallest absolute Gasteiger partial charge is 0.450 e. The Kier molecular flexibility index (Phi) is 5.89. The highest BCUT2D eigenvalue weighted by Gasteiger charge is 2.62. The normalized spacial score (nSPS) is 20.0. The van der Waals surface area contributed by atoms with Gasteiger partial charge in [0.15, 0.2) is 11.8 Å². The van der Waals surface area contributed by atoms with Crippen molar-refractivity contribution in [1.82, 2.24) is 4.90 Å². The van der Waals surface area contributed by atoms with Crippen molar-refractivity contribution in [3.63, 3.8) is 0 Å². The van der Waals surface area contributed by atoms with E-state index in [1.165, 1.54) is 73.0 Å². The summed E-state index contributed by atoms with van der Waals surface area (Å²) in [6.07, 6.45) is -1.74. The molecule has 1 saturated heterocycles. The number of amides is 2. The number of non-ortho nitro benzene ring substituents is 1. The summed E-state index contributed by atoms with van der Waals surface area (Å²) >= 11 is 0. The third-order valence-electron chi connectivity index (χ3n) is 5.88. The van der Waals surface area contributed by atoms with Crippen LogP contribution in [-0.2, 0) is 24.7 Å². The molecule has 1 unspecified atom stereocenters. The van der Waals surface area contributed by atoms with Crippen LogP contribution in [0.3, 0.4) is 0 Å². The van der Waals surface area contributed by atoms with Crippen LogP contribution in [0, 0.1) is 10.1 Å². The van der Waals surface area contributed by atoms with Gasteiger partial charge >= 0.3 is 12.1 Å². The van der Waals surface area contributed by atoms with Crippen molar-refractivity contribution in [2.75, 3.05) is 11.4 Å². The molecule has 0 aliphatic carbocycles. The number of ether oxygens (including phenoxy) is 3. The molecule has 182 valence electrons. The molecule has 2 heterocycles. The van der Waals surface area contributed by atoms with Gasteiger partial charge in [-0.1, -0.05) is 0 Å². The molecule has 0 bridgehead atoms. The number of carbonyl (C=O) groups is 4. The Hall–Kier alpha value is -4.48. The number of esters is 1. The highest BCUT2D eigenvalue weighted by molar-refractivity contribution is 5.97. The van der Waals surface area contributed by atoms with E-state index in [1.54, 1.807) is 0 Å². The second kappa shape index (κ2) is 8.70. The van der Waals surface area contributed by atoms with Crippen molar-refractivity contribution >= 4 is 35.3 Å². The van der Waals surface area contributed by atoms with Crippen LogP contribution in [0.5, 0.6) is 11.5 Å². The molecule has 2 aromatic rings. The Morgan fingerprint density at radius 1 is 0.971 bits per heavy atom. The number of likely N-dealkylation sites (tertiary alicyclic amines) is 1. The summed E-state index contributed by atoms with van der Waals surface area (Å²) in [5.41, 5.74) is -0.663. The molecule has 12 heteroatoms. The first kappa shape index (κ1) is 23.7. The Morgan fingerprint density at radius 3 is 2.17 bits per heavy atom. The predicted molar refractivity (Wildman–Crippen MR) is 119 cm³/mol. The minimum Gasteiger partial charge on any atom is -0.450 e. The maximum Gasteiger partial charge on any atom is 0.519 e. The zero-order valence-electron chi connectivity index (χ0n) is 19.0. The predicted octanol–water partition coefficient (Wildman–Crippen LogP) is 2.88. The third-order valence-corrected chi connectivity index (χ3v) is 5.88. The zero-order chi connectivity index (χ0) is 25.5. The Balaban J connectivity index is 1.65. The quantitative estimate of drug-likeness (QED) is 0.277. The summed E-state index contributed by atoms with van der Waals surface area (Å²) in [5, 5.41) is 10.8. The molecular weight excluding hydrogens is 462 g/mol. The lowest BCUT2D eigenvalue weighted by atomic mass is 9.92. The third kappa shape index (κ3) is 4.14. The lowest BCUT2D eigenvalue weighted by molar-refractivity contribution is -0.384. The molecule has 0 radical (unpaired) electrons. The van der Waals surface area contributed by atoms with Crippen molar-refractivity contribution < 1.29 is 38.3 Å². The van der Waals surface area contributed by atoms with E-state index in [2.05, 4.69) is 0 Å². The van der Waals surface area contributed by atoms with Crippen LogP contribution in [0.2, 0.25) is 0 Å². The molecule has 2 aromatic carbocycles. The van der Waals surface area contributed by atoms with Gasteiger partial charge in [-0.15, -0.1) is 0 Å². The van der Waals surface area contributed by atoms with E-state index in [4.69, 9.17) is 14.2 Å². The number of anilines is 1. The number of fused-ring (bicyclic) bond motifs is 3. The van der Waals surface area contributed by atoms with Crippen LogP contribution < -0.4 is 14.4 Å². The number of hydrogen-bond acceptors (Lipinski definition) is 9. The van der Waals surface area contributed by atoms with E-state index in [-0.39, 0.29) is 42.0 Å². The Morgan fingerprint density at radius 2 is 1.60 bits per heavy atom. The van der Waals surface area contributed by atoms with Gasteiger partial charge in [0.2, 0.25) is 11.8 Å². The highest BCUT2D eigenvalue weighted by atomic mass is 16.7. The molecule has 12 nitrogen and oxygen atoms in total. The first-order valence-corrected chi connectivity index (χ1v) is 10.6. The standard InChI is InChI=1S/C23H21N3O9/c1-13(27)24-11-10-23(35-15(3)29)19-12-18(8-9-20(19)25(14(2)28)21(23)24)34-22(30)33-17-6-4-16(5-7-17)26(31)32/h4-9,12,21H,10-11H2,1-3H3/t21?,23-/m1/s1. The summed E-state index contributed by atoms with van der Waals surface area (Å²) < 4.78 is 16.1. The van der Waals surface area contributed by atoms with Crippen molar-refractivity contribution in [3.05, 3.63) is 58.1 Å². The molecule has 35 heavy (non-hydrogen) atoms. The van der Waals surface area contributed by atoms with Gasteiger partial charge in [-0.05, 0) is 30.3 Å². The molecule has 4 rings (SSSR count). The first-order chi connectivity index (χ1) is 16.5. The highest BCUT2D eigenvalue weighted by Crippen LogP contribution is 2.54. The number of nitro groups is 1. The van der Waals surface area contributed by atoms with Crippen molar-refractivity contribution in [2.24, 2.45) is 0 Å². The van der Waals surface area contributed by atoms with Crippen molar-refractivity contribution in [3.8, 4) is 11.5 Å². The van der Waals surface area contributed by atoms with E-state index < -0.39 is 28.8 Å². The van der Waals surface area contributed by atoms with Gasteiger partial charge in [-0.3, -0.25) is 29.4 Å². The van der Waals surface area contributed by atoms with Crippen LogP contribution in [0.1, 0.15) is 32.8 Å². The van der Waals surface area contributed by atoms with Gasteiger partial charge in [-0.2, -0.15) is 0 Å². The minimum absolute atomic E-state index is 0.0360. The lowest BCUT2D eigenvalue weighted by Gasteiger charge is -2.35. The van der Waals surface area contributed by atoms with Gasteiger partial charge in [0.05, 0.1) is 10.6 Å². The second-order valence-corrected chi connectivity index (χ2v) is 8.09. The summed E-state index contributed by atoms with van der Waals surface area (Å²) in [7, 11) is 0. The maximum atomic E-state index is 12.6. The zero-order valence-corrected chi connectivity index (χ0v) is 19.0. The number of rotatable bonds is 4. The molecular formula is C23H21N3O9. The van der Waals surface area contributed by atoms with Crippen LogP contribution in [0.15, 0.2) is 42.5 Å². The van der Waals surface area contributed by atoms with Crippen molar-refractivity contribution in [2.45, 2.75) is 39.0 Å². The maximum absolute atomic E-state index is 12.6. The fourth-order valence-corrected chi connectivity index (χ4v) is 4.61. The summed E-state index contributed by atoms with van der Waals surface area (Å²) in [5.74, 6) is -1.15. The molecule has 2 amide bonds. The number of nitrogens with zero attached hydrogens (tertiary/aromatic N) is 3. The first-order valence-electron chi connectivity index (χ1n) is 10.6. The van der Waals surface area contributed by atoms with Gasteiger partial charge in [0.1, 0.15) is 11.5 Å². The monoisotopic (exact) mass is 483 g/mol. The van der Waals surface area contributed by atoms with Crippen LogP contribution in [-0.4, -0.2) is 46.5 Å². The van der Waals surface area contributed by atoms with Gasteiger partial charge in [0, 0.05) is 51.4 Å². The molecule has 0 spiro atoms. The largest absolute Gasteiger partial charge is 0.519 e. The molecule has 2 aliphatic heterocycles. The average molecular weight is 483 g/mol. The lowest BCUT2D eigenvalue weighted by Crippen LogP contribution is -2.54. The van der Waals surface area contributed by atoms with Gasteiger partial charge < -0.3 is 19.1 Å². The van der Waals surface area contributed by atoms with Crippen LogP contribution in [0.25, 0.3) is 0 Å². The second-order valence-electron chi connectivity index (χ2n) is 8.09. The van der Waals surface area contributed by atoms with E-state index in [9.17, 15) is 29.3 Å². The molecule has 0 aromatic heterocycles.